The largest absolute Gasteiger partial charge is 0.493 e. The summed E-state index contributed by atoms with van der Waals surface area (Å²) in [6.07, 6.45) is 5.75. The Morgan fingerprint density at radius 3 is 1.88 bits per heavy atom. The Balaban J connectivity index is 0.000000840. The molecule has 0 radical (unpaired) electrons. The standard InChI is InChI=1S/C27H39NO4S2.C2H2O4/c1-28(15-6-9-21-10-12-23(29-2)25(19-21)31-4)16-7-14-27(33-17-8-18-34-27)22-11-13-24(30-3)26(20-22)32-5;3-1(4)2(5)6/h10-13,19-20H,6-9,14-18H2,1-5H3;(H,3,4)(H,5,6). The summed E-state index contributed by atoms with van der Waals surface area (Å²) < 4.78 is 21.9. The second-order valence-electron chi connectivity index (χ2n) is 9.18. The number of benzene rings is 2. The zero-order valence-electron chi connectivity index (χ0n) is 23.9. The molecule has 222 valence electrons. The highest BCUT2D eigenvalue weighted by atomic mass is 32.2. The summed E-state index contributed by atoms with van der Waals surface area (Å²) in [7, 11) is 9.00. The van der Waals surface area contributed by atoms with Crippen LogP contribution in [-0.2, 0) is 20.1 Å². The summed E-state index contributed by atoms with van der Waals surface area (Å²) >= 11 is 4.19. The predicted octanol–water partition coefficient (Wildman–Crippen LogP) is 5.24. The van der Waals surface area contributed by atoms with Gasteiger partial charge in [-0.15, -0.1) is 23.5 Å². The van der Waals surface area contributed by atoms with Crippen LogP contribution in [0.15, 0.2) is 36.4 Å². The first-order valence-electron chi connectivity index (χ1n) is 13.1. The van der Waals surface area contributed by atoms with Crippen molar-refractivity contribution in [3.8, 4) is 23.0 Å². The SMILES string of the molecule is COc1ccc(CCCN(C)CCCC2(c3ccc(OC)c(OC)c3)SCCCS2)cc1OC.O=C(O)C(=O)O. The molecule has 2 aromatic rings. The molecule has 1 aliphatic rings. The summed E-state index contributed by atoms with van der Waals surface area (Å²) in [6.45, 7) is 2.18. The van der Waals surface area contributed by atoms with Gasteiger partial charge in [0.1, 0.15) is 0 Å². The quantitative estimate of drug-likeness (QED) is 0.296. The lowest BCUT2D eigenvalue weighted by molar-refractivity contribution is -0.159. The molecular weight excluding hydrogens is 554 g/mol. The first kappa shape index (κ1) is 33.4. The molecule has 9 nitrogen and oxygen atoms in total. The van der Waals surface area contributed by atoms with Crippen LogP contribution >= 0.6 is 23.5 Å². The molecule has 0 bridgehead atoms. The maximum atomic E-state index is 9.10. The number of carboxylic acid groups (broad SMARTS) is 2. The Labute approximate surface area is 245 Å². The zero-order chi connectivity index (χ0) is 29.5. The molecule has 0 spiro atoms. The van der Waals surface area contributed by atoms with Gasteiger partial charge in [0.05, 0.1) is 32.5 Å². The fourth-order valence-electron chi connectivity index (χ4n) is 4.39. The molecule has 1 aliphatic heterocycles. The maximum Gasteiger partial charge on any atom is 0.414 e. The zero-order valence-corrected chi connectivity index (χ0v) is 25.6. The number of ether oxygens (including phenoxy) is 4. The van der Waals surface area contributed by atoms with Gasteiger partial charge < -0.3 is 34.1 Å². The van der Waals surface area contributed by atoms with Gasteiger partial charge in [-0.1, -0.05) is 12.1 Å². The van der Waals surface area contributed by atoms with Gasteiger partial charge in [0.25, 0.3) is 0 Å². The van der Waals surface area contributed by atoms with E-state index < -0.39 is 11.9 Å². The summed E-state index contributed by atoms with van der Waals surface area (Å²) in [5.74, 6) is 1.97. The molecule has 0 amide bonds. The van der Waals surface area contributed by atoms with Gasteiger partial charge >= 0.3 is 11.9 Å². The van der Waals surface area contributed by atoms with Gasteiger partial charge in [-0.05, 0) is 99.1 Å². The molecule has 40 heavy (non-hydrogen) atoms. The lowest BCUT2D eigenvalue weighted by Crippen LogP contribution is -2.26. The average molecular weight is 596 g/mol. The lowest BCUT2D eigenvalue weighted by atomic mass is 10.1. The number of methoxy groups -OCH3 is 4. The Morgan fingerprint density at radius 2 is 1.32 bits per heavy atom. The third-order valence-electron chi connectivity index (χ3n) is 6.46. The Morgan fingerprint density at radius 1 is 0.800 bits per heavy atom. The van der Waals surface area contributed by atoms with Crippen molar-refractivity contribution in [3.63, 3.8) is 0 Å². The third-order valence-corrected chi connectivity index (χ3v) is 9.97. The molecule has 1 saturated heterocycles. The topological polar surface area (TPSA) is 115 Å². The van der Waals surface area contributed by atoms with Crippen molar-refractivity contribution in [3.05, 3.63) is 47.5 Å². The minimum absolute atomic E-state index is 0.0955. The van der Waals surface area contributed by atoms with E-state index >= 15 is 0 Å². The van der Waals surface area contributed by atoms with Crippen molar-refractivity contribution in [2.24, 2.45) is 0 Å². The van der Waals surface area contributed by atoms with Crippen molar-refractivity contribution >= 4 is 35.5 Å². The molecule has 2 N–H and O–H groups in total. The fraction of sp³-hybridized carbons (Fsp3) is 0.517. The number of carbonyl (C=O) groups is 2. The molecule has 0 unspecified atom stereocenters. The summed E-state index contributed by atoms with van der Waals surface area (Å²) in [6, 6.07) is 12.7. The first-order valence-corrected chi connectivity index (χ1v) is 15.0. The molecule has 3 rings (SSSR count). The number of thioether (sulfide) groups is 2. The first-order chi connectivity index (χ1) is 19.2. The minimum Gasteiger partial charge on any atom is -0.493 e. The molecule has 1 fully saturated rings. The van der Waals surface area contributed by atoms with Crippen LogP contribution in [0.5, 0.6) is 23.0 Å². The van der Waals surface area contributed by atoms with Crippen molar-refractivity contribution in [1.29, 1.82) is 0 Å². The molecule has 0 aromatic heterocycles. The van der Waals surface area contributed by atoms with Gasteiger partial charge in [-0.2, -0.15) is 0 Å². The van der Waals surface area contributed by atoms with E-state index in [0.717, 1.165) is 55.4 Å². The second kappa shape index (κ2) is 17.1. The van der Waals surface area contributed by atoms with Crippen LogP contribution in [0.3, 0.4) is 0 Å². The van der Waals surface area contributed by atoms with E-state index in [1.54, 1.807) is 28.4 Å². The molecule has 1 heterocycles. The van der Waals surface area contributed by atoms with Gasteiger partial charge in [-0.3, -0.25) is 0 Å². The molecule has 0 aliphatic carbocycles. The number of hydrogen-bond acceptors (Lipinski definition) is 9. The molecule has 11 heteroatoms. The number of nitrogens with zero attached hydrogens (tertiary/aromatic N) is 1. The smallest absolute Gasteiger partial charge is 0.414 e. The van der Waals surface area contributed by atoms with Gasteiger partial charge in [0, 0.05) is 0 Å². The number of hydrogen-bond donors (Lipinski definition) is 2. The van der Waals surface area contributed by atoms with Crippen LogP contribution < -0.4 is 18.9 Å². The summed E-state index contributed by atoms with van der Waals surface area (Å²) in [5, 5.41) is 14.8. The van der Waals surface area contributed by atoms with Crippen LogP contribution in [-0.4, -0.2) is 87.1 Å². The van der Waals surface area contributed by atoms with Crippen molar-refractivity contribution in [2.45, 2.75) is 36.2 Å². The van der Waals surface area contributed by atoms with Crippen LogP contribution in [0, 0.1) is 0 Å². The summed E-state index contributed by atoms with van der Waals surface area (Å²) in [4.78, 5) is 20.7. The minimum atomic E-state index is -1.82. The van der Waals surface area contributed by atoms with E-state index in [9.17, 15) is 0 Å². The average Bonchev–Trinajstić information content (AvgIpc) is 2.97. The molecular formula is C29H41NO8S2. The van der Waals surface area contributed by atoms with Crippen LogP contribution in [0.4, 0.5) is 0 Å². The van der Waals surface area contributed by atoms with E-state index in [0.29, 0.717) is 0 Å². The highest BCUT2D eigenvalue weighted by Crippen LogP contribution is 2.54. The third kappa shape index (κ3) is 10.0. The van der Waals surface area contributed by atoms with Gasteiger partial charge in [-0.25, -0.2) is 9.59 Å². The second-order valence-corrected chi connectivity index (χ2v) is 12.2. The Kier molecular flexibility index (Phi) is 14.3. The predicted molar refractivity (Wildman–Crippen MR) is 161 cm³/mol. The van der Waals surface area contributed by atoms with Gasteiger partial charge in [0.2, 0.25) is 0 Å². The van der Waals surface area contributed by atoms with E-state index in [-0.39, 0.29) is 4.08 Å². The van der Waals surface area contributed by atoms with Crippen LogP contribution in [0.1, 0.15) is 36.8 Å². The van der Waals surface area contributed by atoms with E-state index in [1.807, 2.05) is 12.1 Å². The maximum absolute atomic E-state index is 9.10. The molecule has 0 atom stereocenters. The van der Waals surface area contributed by atoms with E-state index in [4.69, 9.17) is 38.7 Å². The number of aryl methyl sites for hydroxylation is 1. The highest BCUT2D eigenvalue weighted by Gasteiger charge is 2.36. The number of aliphatic carboxylic acids is 2. The van der Waals surface area contributed by atoms with Gasteiger partial charge in [0.15, 0.2) is 23.0 Å². The monoisotopic (exact) mass is 595 g/mol. The Bertz CT molecular complexity index is 1080. The Hall–Kier alpha value is -2.76. The molecule has 0 saturated carbocycles. The lowest BCUT2D eigenvalue weighted by Gasteiger charge is -2.37. The van der Waals surface area contributed by atoms with Crippen molar-refractivity contribution < 1.29 is 38.7 Å². The summed E-state index contributed by atoms with van der Waals surface area (Å²) in [5.41, 5.74) is 2.63. The normalized spacial score (nSPS) is 14.1. The van der Waals surface area contributed by atoms with Crippen molar-refractivity contribution in [1.82, 2.24) is 4.90 Å². The van der Waals surface area contributed by atoms with Crippen molar-refractivity contribution in [2.75, 3.05) is 60.1 Å². The van der Waals surface area contributed by atoms with E-state index in [2.05, 4.69) is 59.7 Å². The van der Waals surface area contributed by atoms with E-state index in [1.165, 1.54) is 35.5 Å². The number of rotatable bonds is 13. The fourth-order valence-corrected chi connectivity index (χ4v) is 7.80. The highest BCUT2D eigenvalue weighted by molar-refractivity contribution is 8.18. The van der Waals surface area contributed by atoms with Crippen LogP contribution in [0.2, 0.25) is 0 Å². The van der Waals surface area contributed by atoms with Crippen LogP contribution in [0.25, 0.3) is 0 Å². The molecule has 2 aromatic carbocycles. The number of carboxylic acids is 2.